The number of fused-ring (bicyclic) bond motifs is 6. The highest BCUT2D eigenvalue weighted by molar-refractivity contribution is 6.12. The zero-order valence-electron chi connectivity index (χ0n) is 15.9. The van der Waals surface area contributed by atoms with Crippen molar-refractivity contribution < 1.29 is 0 Å². The van der Waals surface area contributed by atoms with Crippen LogP contribution in [0.5, 0.6) is 0 Å². The Labute approximate surface area is 165 Å². The van der Waals surface area contributed by atoms with Crippen molar-refractivity contribution in [2.24, 2.45) is 0 Å². The quantitative estimate of drug-likeness (QED) is 0.310. The zero-order valence-corrected chi connectivity index (χ0v) is 15.9. The predicted octanol–water partition coefficient (Wildman–Crippen LogP) is 7.44. The number of allylic oxidation sites excluding steroid dienone is 2. The molecule has 0 spiro atoms. The van der Waals surface area contributed by atoms with Gasteiger partial charge < -0.3 is 0 Å². The summed E-state index contributed by atoms with van der Waals surface area (Å²) in [6.07, 6.45) is 11.9. The molecule has 0 bridgehead atoms. The molecule has 0 aromatic heterocycles. The molecule has 0 unspecified atom stereocenters. The molecule has 0 saturated heterocycles. The molecule has 2 aliphatic rings. The topological polar surface area (TPSA) is 0 Å². The first kappa shape index (κ1) is 15.9. The monoisotopic (exact) mass is 358 g/mol. The summed E-state index contributed by atoms with van der Waals surface area (Å²) in [5, 5.41) is 5.58. The summed E-state index contributed by atoms with van der Waals surface area (Å²) in [6.45, 7) is 0. The summed E-state index contributed by atoms with van der Waals surface area (Å²) in [5.41, 5.74) is 8.38. The van der Waals surface area contributed by atoms with Crippen LogP contribution in [0.3, 0.4) is 0 Å². The van der Waals surface area contributed by atoms with Gasteiger partial charge in [0.05, 0.1) is 0 Å². The molecule has 0 atom stereocenters. The van der Waals surface area contributed by atoms with Gasteiger partial charge in [0.2, 0.25) is 0 Å². The van der Waals surface area contributed by atoms with E-state index in [-0.39, 0.29) is 0 Å². The molecular weight excluding hydrogens is 336 g/mol. The summed E-state index contributed by atoms with van der Waals surface area (Å²) in [5.74, 6) is 0. The largest absolute Gasteiger partial charge is 0.0616 e. The lowest BCUT2D eigenvalue weighted by Crippen LogP contribution is -2.03. The Hall–Kier alpha value is -3.12. The van der Waals surface area contributed by atoms with Crippen LogP contribution in [-0.2, 0) is 12.8 Å². The highest BCUT2D eigenvalue weighted by Gasteiger charge is 2.15. The first-order chi connectivity index (χ1) is 13.9. The Balaban J connectivity index is 1.57. The van der Waals surface area contributed by atoms with Crippen molar-refractivity contribution in [2.45, 2.75) is 25.7 Å². The number of aryl methyl sites for hydroxylation is 2. The van der Waals surface area contributed by atoms with Crippen molar-refractivity contribution >= 4 is 39.3 Å². The van der Waals surface area contributed by atoms with E-state index in [1.54, 1.807) is 11.1 Å². The van der Waals surface area contributed by atoms with Gasteiger partial charge in [-0.15, -0.1) is 0 Å². The van der Waals surface area contributed by atoms with Gasteiger partial charge in [0.25, 0.3) is 0 Å². The lowest BCUT2D eigenvalue weighted by molar-refractivity contribution is 0.690. The minimum atomic E-state index is 1.23. The van der Waals surface area contributed by atoms with Gasteiger partial charge in [-0.1, -0.05) is 78.9 Å². The van der Waals surface area contributed by atoms with Gasteiger partial charge in [0.15, 0.2) is 0 Å². The molecule has 6 rings (SSSR count). The van der Waals surface area contributed by atoms with E-state index in [0.29, 0.717) is 0 Å². The van der Waals surface area contributed by atoms with Crippen LogP contribution < -0.4 is 0 Å². The average Bonchev–Trinajstić information content (AvgIpc) is 3.16. The first-order valence-corrected chi connectivity index (χ1v) is 10.3. The fourth-order valence-corrected chi connectivity index (χ4v) is 5.05. The lowest BCUT2D eigenvalue weighted by atomic mass is 9.86. The van der Waals surface area contributed by atoms with Gasteiger partial charge in [0, 0.05) is 0 Å². The molecule has 0 aliphatic heterocycles. The molecule has 28 heavy (non-hydrogen) atoms. The van der Waals surface area contributed by atoms with Crippen LogP contribution in [0.1, 0.15) is 40.7 Å². The van der Waals surface area contributed by atoms with Crippen molar-refractivity contribution in [3.63, 3.8) is 0 Å². The second-order valence-corrected chi connectivity index (χ2v) is 8.03. The minimum Gasteiger partial charge on any atom is -0.0616 e. The molecule has 0 heteroatoms. The second-order valence-electron chi connectivity index (χ2n) is 8.03. The van der Waals surface area contributed by atoms with Gasteiger partial charge in [-0.3, -0.25) is 0 Å². The maximum Gasteiger partial charge on any atom is -0.00993 e. The Morgan fingerprint density at radius 3 is 2.43 bits per heavy atom. The summed E-state index contributed by atoms with van der Waals surface area (Å²) in [4.78, 5) is 0. The number of benzene rings is 4. The van der Waals surface area contributed by atoms with Crippen LogP contribution in [0.25, 0.3) is 39.3 Å². The number of hydrogen-bond donors (Lipinski definition) is 0. The van der Waals surface area contributed by atoms with Crippen LogP contribution in [0.2, 0.25) is 0 Å². The fourth-order valence-electron chi connectivity index (χ4n) is 5.05. The molecule has 2 aliphatic carbocycles. The maximum absolute atomic E-state index is 2.37. The highest BCUT2D eigenvalue weighted by atomic mass is 14.2. The Morgan fingerprint density at radius 2 is 1.43 bits per heavy atom. The van der Waals surface area contributed by atoms with Gasteiger partial charge in [-0.05, 0) is 86.7 Å². The zero-order chi connectivity index (χ0) is 18.5. The van der Waals surface area contributed by atoms with Crippen LogP contribution in [-0.4, -0.2) is 0 Å². The third-order valence-corrected chi connectivity index (χ3v) is 6.45. The third-order valence-electron chi connectivity index (χ3n) is 6.45. The molecule has 4 aromatic carbocycles. The van der Waals surface area contributed by atoms with E-state index in [1.165, 1.54) is 69.5 Å². The number of rotatable bonds is 1. The lowest BCUT2D eigenvalue weighted by Gasteiger charge is -2.19. The number of hydrogen-bond acceptors (Lipinski definition) is 0. The molecule has 134 valence electrons. The van der Waals surface area contributed by atoms with E-state index < -0.39 is 0 Å². The Bertz CT molecular complexity index is 1300. The van der Waals surface area contributed by atoms with Crippen molar-refractivity contribution in [3.8, 4) is 0 Å². The minimum absolute atomic E-state index is 1.23. The van der Waals surface area contributed by atoms with Crippen LogP contribution in [0, 0.1) is 0 Å². The SMILES string of the molecule is C1=Cc2ccccc2C1=Cc1cccc2c1ccc1c3c(ccc12)CCCC3. The van der Waals surface area contributed by atoms with E-state index in [2.05, 4.69) is 85.0 Å². The molecule has 0 saturated carbocycles. The summed E-state index contributed by atoms with van der Waals surface area (Å²) < 4.78 is 0. The average molecular weight is 358 g/mol. The van der Waals surface area contributed by atoms with Gasteiger partial charge >= 0.3 is 0 Å². The molecule has 0 nitrogen and oxygen atoms in total. The Kier molecular flexibility index (Phi) is 3.52. The first-order valence-electron chi connectivity index (χ1n) is 10.3. The van der Waals surface area contributed by atoms with E-state index in [9.17, 15) is 0 Å². The standard InChI is InChI=1S/C28H22/c1-3-9-23-19(6-1)12-13-22(23)18-21-8-5-11-26-25(21)16-17-27-24-10-4-2-7-20(24)14-15-28(26)27/h1,3,5-6,8-9,11-18H,2,4,7,10H2. The molecule has 0 amide bonds. The van der Waals surface area contributed by atoms with Gasteiger partial charge in [-0.25, -0.2) is 0 Å². The smallest absolute Gasteiger partial charge is 0.00993 e. The van der Waals surface area contributed by atoms with E-state index >= 15 is 0 Å². The fraction of sp³-hybridized carbons (Fsp3) is 0.143. The van der Waals surface area contributed by atoms with E-state index in [1.807, 2.05) is 0 Å². The molecule has 4 aromatic rings. The third kappa shape index (κ3) is 2.38. The van der Waals surface area contributed by atoms with Crippen LogP contribution >= 0.6 is 0 Å². The normalized spacial score (nSPS) is 16.6. The van der Waals surface area contributed by atoms with Crippen molar-refractivity contribution in [1.82, 2.24) is 0 Å². The molecule has 0 radical (unpaired) electrons. The maximum atomic E-state index is 2.37. The van der Waals surface area contributed by atoms with Gasteiger partial charge in [-0.2, -0.15) is 0 Å². The van der Waals surface area contributed by atoms with Crippen LogP contribution in [0.4, 0.5) is 0 Å². The van der Waals surface area contributed by atoms with Crippen molar-refractivity contribution in [3.05, 3.63) is 101 Å². The highest BCUT2D eigenvalue weighted by Crippen LogP contribution is 2.36. The molecule has 0 fully saturated rings. The van der Waals surface area contributed by atoms with Crippen LogP contribution in [0.15, 0.2) is 72.8 Å². The summed E-state index contributed by atoms with van der Waals surface area (Å²) in [6, 6.07) is 24.8. The van der Waals surface area contributed by atoms with Crippen molar-refractivity contribution in [1.29, 1.82) is 0 Å². The predicted molar refractivity (Wildman–Crippen MR) is 121 cm³/mol. The second kappa shape index (κ2) is 6.21. The summed E-state index contributed by atoms with van der Waals surface area (Å²) in [7, 11) is 0. The summed E-state index contributed by atoms with van der Waals surface area (Å²) >= 11 is 0. The molecule has 0 N–H and O–H groups in total. The van der Waals surface area contributed by atoms with E-state index in [0.717, 1.165) is 0 Å². The van der Waals surface area contributed by atoms with Gasteiger partial charge in [0.1, 0.15) is 0 Å². The van der Waals surface area contributed by atoms with E-state index in [4.69, 9.17) is 0 Å². The van der Waals surface area contributed by atoms with Crippen molar-refractivity contribution in [2.75, 3.05) is 0 Å². The molecule has 0 heterocycles. The molecular formula is C28H22. The Morgan fingerprint density at radius 1 is 0.607 bits per heavy atom.